The van der Waals surface area contributed by atoms with Crippen LogP contribution in [0.2, 0.25) is 0 Å². The molecule has 0 radical (unpaired) electrons. The second-order valence-electron chi connectivity index (χ2n) is 10.3. The number of aromatic nitrogens is 1. The number of piperidine rings is 2. The normalized spacial score (nSPS) is 23.6. The lowest BCUT2D eigenvalue weighted by molar-refractivity contribution is -0.136. The number of anilines is 1. The van der Waals surface area contributed by atoms with Gasteiger partial charge >= 0.3 is 0 Å². The van der Waals surface area contributed by atoms with E-state index in [4.69, 9.17) is 9.47 Å². The van der Waals surface area contributed by atoms with Crippen LogP contribution in [-0.4, -0.2) is 90.0 Å². The zero-order valence-electron chi connectivity index (χ0n) is 21.6. The van der Waals surface area contributed by atoms with Crippen LogP contribution in [-0.2, 0) is 20.9 Å². The smallest absolute Gasteiger partial charge is 0.273 e. The molecule has 5 heterocycles. The van der Waals surface area contributed by atoms with Crippen molar-refractivity contribution in [1.29, 1.82) is 0 Å². The zero-order valence-corrected chi connectivity index (χ0v) is 22.4. The van der Waals surface area contributed by atoms with Crippen LogP contribution in [0.25, 0.3) is 0 Å². The number of hydrogen-bond donors (Lipinski definition) is 1. The number of imide groups is 1. The summed E-state index contributed by atoms with van der Waals surface area (Å²) in [4.78, 5) is 60.4. The Morgan fingerprint density at radius 3 is 2.79 bits per heavy atom. The van der Waals surface area contributed by atoms with E-state index in [0.717, 1.165) is 43.0 Å². The Balaban J connectivity index is 1.10. The highest BCUT2D eigenvalue weighted by atomic mass is 32.1. The Morgan fingerprint density at radius 1 is 1.13 bits per heavy atom. The molecule has 4 aliphatic rings. The van der Waals surface area contributed by atoms with E-state index < -0.39 is 11.9 Å². The highest BCUT2D eigenvalue weighted by Crippen LogP contribution is 2.31. The quantitative estimate of drug-likeness (QED) is 0.538. The number of rotatable bonds is 6. The maximum atomic E-state index is 13.4. The second-order valence-corrected chi connectivity index (χ2v) is 11.1. The number of carbonyl (C=O) groups excluding carboxylic acids is 4. The summed E-state index contributed by atoms with van der Waals surface area (Å²) in [6.45, 7) is 4.19. The maximum absolute atomic E-state index is 13.4. The van der Waals surface area contributed by atoms with Crippen molar-refractivity contribution in [3.05, 3.63) is 40.4 Å². The van der Waals surface area contributed by atoms with Gasteiger partial charge in [0.15, 0.2) is 5.13 Å². The van der Waals surface area contributed by atoms with Crippen LogP contribution < -0.4 is 15.0 Å². The topological polar surface area (TPSA) is 121 Å². The number of ether oxygens (including phenoxy) is 2. The summed E-state index contributed by atoms with van der Waals surface area (Å²) in [5.41, 5.74) is 1.80. The minimum absolute atomic E-state index is 0.0708. The fraction of sp³-hybridized carbons (Fsp3) is 0.519. The summed E-state index contributed by atoms with van der Waals surface area (Å²) in [7, 11) is 0. The highest BCUT2D eigenvalue weighted by molar-refractivity contribution is 7.13. The lowest BCUT2D eigenvalue weighted by Gasteiger charge is -2.35. The molecule has 2 aromatic rings. The number of amides is 4. The Kier molecular flexibility index (Phi) is 7.22. The summed E-state index contributed by atoms with van der Waals surface area (Å²) >= 11 is 1.49. The van der Waals surface area contributed by atoms with Crippen molar-refractivity contribution in [3.63, 3.8) is 0 Å². The minimum Gasteiger partial charge on any atom is -0.491 e. The number of thiazole rings is 1. The molecule has 39 heavy (non-hydrogen) atoms. The van der Waals surface area contributed by atoms with Crippen molar-refractivity contribution in [2.24, 2.45) is 0 Å². The number of morpholine rings is 1. The van der Waals surface area contributed by atoms with Crippen molar-refractivity contribution in [2.75, 3.05) is 44.4 Å². The molecule has 206 valence electrons. The SMILES string of the molecule is O=C1CCC(N2Cc3cc(OCC4CCCCN4C(=O)c4csc(N5CCOCC5)n4)ccc3C2=O)C(=O)N1. The Hall–Kier alpha value is -3.51. The van der Waals surface area contributed by atoms with E-state index >= 15 is 0 Å². The fourth-order valence-electron chi connectivity index (χ4n) is 5.68. The van der Waals surface area contributed by atoms with Gasteiger partial charge in [-0.1, -0.05) is 0 Å². The van der Waals surface area contributed by atoms with E-state index in [0.29, 0.717) is 56.3 Å². The van der Waals surface area contributed by atoms with Crippen LogP contribution in [0.1, 0.15) is 58.5 Å². The number of fused-ring (bicyclic) bond motifs is 1. The third-order valence-electron chi connectivity index (χ3n) is 7.82. The van der Waals surface area contributed by atoms with Gasteiger partial charge in [0.1, 0.15) is 24.1 Å². The molecule has 1 N–H and O–H groups in total. The number of benzene rings is 1. The van der Waals surface area contributed by atoms with Gasteiger partial charge in [-0.2, -0.15) is 0 Å². The maximum Gasteiger partial charge on any atom is 0.273 e. The monoisotopic (exact) mass is 553 g/mol. The first-order valence-corrected chi connectivity index (χ1v) is 14.4. The molecule has 1 aromatic heterocycles. The molecule has 0 bridgehead atoms. The lowest BCUT2D eigenvalue weighted by atomic mass is 10.0. The average Bonchev–Trinajstić information content (AvgIpc) is 3.57. The van der Waals surface area contributed by atoms with E-state index in [1.807, 2.05) is 16.3 Å². The molecule has 1 aromatic carbocycles. The molecule has 2 unspecified atom stereocenters. The molecule has 0 saturated carbocycles. The molecule has 3 saturated heterocycles. The van der Waals surface area contributed by atoms with Crippen molar-refractivity contribution in [3.8, 4) is 5.75 Å². The third kappa shape index (κ3) is 5.22. The number of nitrogens with zero attached hydrogens (tertiary/aromatic N) is 4. The van der Waals surface area contributed by atoms with Gasteiger partial charge in [-0.3, -0.25) is 24.5 Å². The van der Waals surface area contributed by atoms with E-state index in [2.05, 4.69) is 15.2 Å². The largest absolute Gasteiger partial charge is 0.491 e. The Bertz CT molecular complexity index is 1290. The van der Waals surface area contributed by atoms with Gasteiger partial charge in [0.05, 0.1) is 19.3 Å². The van der Waals surface area contributed by atoms with Gasteiger partial charge < -0.3 is 24.2 Å². The molecule has 4 amide bonds. The molecule has 12 heteroatoms. The summed E-state index contributed by atoms with van der Waals surface area (Å²) in [6.07, 6.45) is 3.36. The molecule has 3 fully saturated rings. The van der Waals surface area contributed by atoms with E-state index in [9.17, 15) is 19.2 Å². The van der Waals surface area contributed by atoms with Gasteiger partial charge in [0.25, 0.3) is 11.8 Å². The van der Waals surface area contributed by atoms with Crippen molar-refractivity contribution >= 4 is 40.1 Å². The van der Waals surface area contributed by atoms with E-state index in [-0.39, 0.29) is 30.2 Å². The molecule has 11 nitrogen and oxygen atoms in total. The predicted octanol–water partition coefficient (Wildman–Crippen LogP) is 1.81. The molecule has 6 rings (SSSR count). The van der Waals surface area contributed by atoms with Crippen LogP contribution in [0.15, 0.2) is 23.6 Å². The number of hydrogen-bond acceptors (Lipinski definition) is 9. The lowest BCUT2D eigenvalue weighted by Crippen LogP contribution is -2.52. The standard InChI is InChI=1S/C27H31N5O6S/c33-23-7-6-22(24(34)29-23)32-14-17-13-19(4-5-20(17)25(32)35)38-15-18-3-1-2-8-31(18)26(36)21-16-39-27(28-21)30-9-11-37-12-10-30/h4-5,13,16,18,22H,1-3,6-12,14-15H2,(H,29,33,34). The van der Waals surface area contributed by atoms with Crippen molar-refractivity contribution in [1.82, 2.24) is 20.1 Å². The zero-order chi connectivity index (χ0) is 26.9. The van der Waals surface area contributed by atoms with E-state index in [1.54, 1.807) is 12.1 Å². The summed E-state index contributed by atoms with van der Waals surface area (Å²) in [6, 6.07) is 4.60. The molecule has 0 aliphatic carbocycles. The summed E-state index contributed by atoms with van der Waals surface area (Å²) in [5, 5.41) is 5.02. The first-order chi connectivity index (χ1) is 19.0. The minimum atomic E-state index is -0.650. The van der Waals surface area contributed by atoms with Crippen molar-refractivity contribution < 1.29 is 28.7 Å². The van der Waals surface area contributed by atoms with Crippen LogP contribution >= 0.6 is 11.3 Å². The average molecular weight is 554 g/mol. The third-order valence-corrected chi connectivity index (χ3v) is 8.72. The van der Waals surface area contributed by atoms with Crippen LogP contribution in [0.5, 0.6) is 5.75 Å². The van der Waals surface area contributed by atoms with Gasteiger partial charge in [-0.15, -0.1) is 11.3 Å². The highest BCUT2D eigenvalue weighted by Gasteiger charge is 2.39. The summed E-state index contributed by atoms with van der Waals surface area (Å²) < 4.78 is 11.6. The first-order valence-electron chi connectivity index (χ1n) is 13.5. The van der Waals surface area contributed by atoms with Gasteiger partial charge in [0.2, 0.25) is 11.8 Å². The van der Waals surface area contributed by atoms with Gasteiger partial charge in [-0.25, -0.2) is 4.98 Å². The van der Waals surface area contributed by atoms with Gasteiger partial charge in [0, 0.05) is 43.5 Å². The second kappa shape index (κ2) is 10.9. The molecular weight excluding hydrogens is 522 g/mol. The summed E-state index contributed by atoms with van der Waals surface area (Å²) in [5.74, 6) is -0.400. The molecule has 0 spiro atoms. The number of carbonyl (C=O) groups is 4. The van der Waals surface area contributed by atoms with Crippen LogP contribution in [0, 0.1) is 0 Å². The first kappa shape index (κ1) is 25.8. The Morgan fingerprint density at radius 2 is 1.97 bits per heavy atom. The van der Waals surface area contributed by atoms with Gasteiger partial charge in [-0.05, 0) is 49.4 Å². The number of nitrogens with one attached hydrogen (secondary N) is 1. The molecular formula is C27H31N5O6S. The fourth-order valence-corrected chi connectivity index (χ4v) is 6.54. The molecule has 4 aliphatic heterocycles. The van der Waals surface area contributed by atoms with Crippen LogP contribution in [0.3, 0.4) is 0 Å². The van der Waals surface area contributed by atoms with Crippen molar-refractivity contribution in [2.45, 2.75) is 50.7 Å². The van der Waals surface area contributed by atoms with Crippen LogP contribution in [0.4, 0.5) is 5.13 Å². The number of likely N-dealkylation sites (tertiary alicyclic amines) is 1. The van der Waals surface area contributed by atoms with E-state index in [1.165, 1.54) is 16.2 Å². The predicted molar refractivity (Wildman–Crippen MR) is 142 cm³/mol. The Labute approximate surface area is 230 Å². The molecule has 2 atom stereocenters.